The Morgan fingerprint density at radius 2 is 1.95 bits per heavy atom. The number of aliphatic imine (C=N–C) groups is 2. The Labute approximate surface area is 120 Å². The Bertz CT molecular complexity index is 545. The molecular weight excluding hydrogens is 306 g/mol. The average Bonchev–Trinajstić information content (AvgIpc) is 2.79. The molecule has 1 aliphatic rings. The molecule has 1 aromatic rings. The Morgan fingerprint density at radius 1 is 1.26 bits per heavy atom. The van der Waals surface area contributed by atoms with Gasteiger partial charge in [0.1, 0.15) is 0 Å². The zero-order valence-corrected chi connectivity index (χ0v) is 12.3. The highest BCUT2D eigenvalue weighted by atomic mass is 79.9. The van der Waals surface area contributed by atoms with Crippen molar-refractivity contribution in [2.24, 2.45) is 21.5 Å². The molecule has 0 spiro atoms. The van der Waals surface area contributed by atoms with E-state index in [0.29, 0.717) is 5.96 Å². The van der Waals surface area contributed by atoms with Crippen molar-refractivity contribution < 1.29 is 0 Å². The van der Waals surface area contributed by atoms with Crippen molar-refractivity contribution in [1.29, 1.82) is 0 Å². The fraction of sp³-hybridized carbons (Fsp3) is 0.231. The molecule has 6 heteroatoms. The lowest BCUT2D eigenvalue weighted by atomic mass is 10.3. The van der Waals surface area contributed by atoms with Gasteiger partial charge in [0.2, 0.25) is 5.96 Å². The zero-order valence-electron chi connectivity index (χ0n) is 10.7. The summed E-state index contributed by atoms with van der Waals surface area (Å²) in [6.45, 7) is 3.63. The molecule has 0 aromatic heterocycles. The standard InChI is InChI=1S/C13H16BrN5/c1-9-6-7-19(8-9)13(16)18-12(15)17-11-4-2-10(14)3-5-11/h2-6H,7-8H2,1H3,(H4,15,16,17,18). The SMILES string of the molecule is CC1=CCN(/C(N)=N/C(N)=Nc2ccc(Br)cc2)C1. The zero-order chi connectivity index (χ0) is 13.8. The minimum atomic E-state index is 0.157. The summed E-state index contributed by atoms with van der Waals surface area (Å²) in [5, 5.41) is 0. The first-order chi connectivity index (χ1) is 9.04. The lowest BCUT2D eigenvalue weighted by Gasteiger charge is -2.16. The molecule has 2 rings (SSSR count). The first kappa shape index (κ1) is 13.6. The molecule has 0 fully saturated rings. The number of halogens is 1. The second-order valence-electron chi connectivity index (χ2n) is 4.35. The second-order valence-corrected chi connectivity index (χ2v) is 5.26. The van der Waals surface area contributed by atoms with E-state index in [4.69, 9.17) is 11.5 Å². The van der Waals surface area contributed by atoms with Gasteiger partial charge < -0.3 is 16.4 Å². The molecule has 5 nitrogen and oxygen atoms in total. The van der Waals surface area contributed by atoms with Crippen LogP contribution in [0.5, 0.6) is 0 Å². The highest BCUT2D eigenvalue weighted by Crippen LogP contribution is 2.16. The van der Waals surface area contributed by atoms with E-state index in [0.717, 1.165) is 23.2 Å². The molecule has 0 saturated heterocycles. The summed E-state index contributed by atoms with van der Waals surface area (Å²) >= 11 is 3.36. The van der Waals surface area contributed by atoms with Crippen molar-refractivity contribution in [1.82, 2.24) is 4.90 Å². The van der Waals surface area contributed by atoms with Crippen LogP contribution in [0.4, 0.5) is 5.69 Å². The van der Waals surface area contributed by atoms with Gasteiger partial charge in [0.05, 0.1) is 5.69 Å². The predicted molar refractivity (Wildman–Crippen MR) is 82.4 cm³/mol. The quantitative estimate of drug-likeness (QED) is 0.471. The lowest BCUT2D eigenvalue weighted by Crippen LogP contribution is -2.37. The number of rotatable bonds is 1. The maximum Gasteiger partial charge on any atom is 0.223 e. The van der Waals surface area contributed by atoms with Crippen molar-refractivity contribution >= 4 is 33.5 Å². The summed E-state index contributed by atoms with van der Waals surface area (Å²) in [6.07, 6.45) is 2.12. The van der Waals surface area contributed by atoms with E-state index < -0.39 is 0 Å². The Balaban J connectivity index is 2.07. The van der Waals surface area contributed by atoms with Crippen LogP contribution >= 0.6 is 15.9 Å². The molecule has 100 valence electrons. The Morgan fingerprint density at radius 3 is 2.53 bits per heavy atom. The Hall–Kier alpha value is -1.82. The molecule has 0 radical (unpaired) electrons. The Kier molecular flexibility index (Phi) is 4.21. The van der Waals surface area contributed by atoms with Crippen LogP contribution in [0.3, 0.4) is 0 Å². The van der Waals surface area contributed by atoms with E-state index >= 15 is 0 Å². The third kappa shape index (κ3) is 3.82. The third-order valence-corrected chi connectivity index (χ3v) is 3.25. The number of guanidine groups is 2. The van der Waals surface area contributed by atoms with E-state index in [1.54, 1.807) is 0 Å². The fourth-order valence-electron chi connectivity index (χ4n) is 1.73. The van der Waals surface area contributed by atoms with Crippen LogP contribution in [0.1, 0.15) is 6.92 Å². The van der Waals surface area contributed by atoms with Gasteiger partial charge in [-0.25, -0.2) is 4.99 Å². The van der Waals surface area contributed by atoms with E-state index in [1.807, 2.05) is 29.2 Å². The highest BCUT2D eigenvalue weighted by molar-refractivity contribution is 9.10. The molecule has 0 aliphatic carbocycles. The average molecular weight is 322 g/mol. The van der Waals surface area contributed by atoms with E-state index in [2.05, 4.69) is 38.9 Å². The molecule has 19 heavy (non-hydrogen) atoms. The van der Waals surface area contributed by atoms with Crippen LogP contribution in [0, 0.1) is 0 Å². The molecule has 0 unspecified atom stereocenters. The smallest absolute Gasteiger partial charge is 0.223 e. The normalized spacial score (nSPS) is 16.7. The molecule has 1 heterocycles. The summed E-state index contributed by atoms with van der Waals surface area (Å²) in [5.74, 6) is 0.552. The molecule has 1 aliphatic heterocycles. The van der Waals surface area contributed by atoms with E-state index in [-0.39, 0.29) is 5.96 Å². The van der Waals surface area contributed by atoms with Crippen LogP contribution in [-0.4, -0.2) is 29.9 Å². The second kappa shape index (κ2) is 5.88. The maximum atomic E-state index is 5.89. The first-order valence-electron chi connectivity index (χ1n) is 5.89. The van der Waals surface area contributed by atoms with Gasteiger partial charge in [-0.1, -0.05) is 27.6 Å². The molecule has 0 atom stereocenters. The summed E-state index contributed by atoms with van der Waals surface area (Å²) < 4.78 is 0.992. The largest absolute Gasteiger partial charge is 0.369 e. The molecule has 0 saturated carbocycles. The van der Waals surface area contributed by atoms with Crippen molar-refractivity contribution in [2.75, 3.05) is 13.1 Å². The van der Waals surface area contributed by atoms with Gasteiger partial charge in [0.25, 0.3) is 0 Å². The minimum absolute atomic E-state index is 0.157. The number of nitrogens with two attached hydrogens (primary N) is 2. The van der Waals surface area contributed by atoms with Gasteiger partial charge in [0.15, 0.2) is 5.96 Å². The van der Waals surface area contributed by atoms with Crippen LogP contribution in [0.2, 0.25) is 0 Å². The van der Waals surface area contributed by atoms with Crippen LogP contribution in [-0.2, 0) is 0 Å². The van der Waals surface area contributed by atoms with Gasteiger partial charge in [-0.2, -0.15) is 4.99 Å². The lowest BCUT2D eigenvalue weighted by molar-refractivity contribution is 0.527. The first-order valence-corrected chi connectivity index (χ1v) is 6.68. The number of benzene rings is 1. The number of nitrogens with zero attached hydrogens (tertiary/aromatic N) is 3. The van der Waals surface area contributed by atoms with Gasteiger partial charge in [0, 0.05) is 17.6 Å². The van der Waals surface area contributed by atoms with Crippen LogP contribution in [0.25, 0.3) is 0 Å². The highest BCUT2D eigenvalue weighted by Gasteiger charge is 2.13. The fourth-order valence-corrected chi connectivity index (χ4v) is 2.00. The van der Waals surface area contributed by atoms with E-state index in [1.165, 1.54) is 5.57 Å². The van der Waals surface area contributed by atoms with Gasteiger partial charge in [-0.05, 0) is 31.2 Å². The topological polar surface area (TPSA) is 80.0 Å². The van der Waals surface area contributed by atoms with Crippen LogP contribution < -0.4 is 11.5 Å². The molecule has 1 aromatic carbocycles. The summed E-state index contributed by atoms with van der Waals surface area (Å²) in [4.78, 5) is 10.3. The number of hydrogen-bond acceptors (Lipinski definition) is 1. The summed E-state index contributed by atoms with van der Waals surface area (Å²) in [7, 11) is 0. The molecule has 0 bridgehead atoms. The summed E-state index contributed by atoms with van der Waals surface area (Å²) in [5.41, 5.74) is 13.7. The monoisotopic (exact) mass is 321 g/mol. The van der Waals surface area contributed by atoms with Crippen molar-refractivity contribution in [3.8, 4) is 0 Å². The van der Waals surface area contributed by atoms with Crippen molar-refractivity contribution in [3.63, 3.8) is 0 Å². The third-order valence-electron chi connectivity index (χ3n) is 2.72. The van der Waals surface area contributed by atoms with E-state index in [9.17, 15) is 0 Å². The maximum absolute atomic E-state index is 5.89. The molecular formula is C13H16BrN5. The van der Waals surface area contributed by atoms with Crippen molar-refractivity contribution in [2.45, 2.75) is 6.92 Å². The molecule has 4 N–H and O–H groups in total. The van der Waals surface area contributed by atoms with Gasteiger partial charge >= 0.3 is 0 Å². The molecule has 0 amide bonds. The number of hydrogen-bond donors (Lipinski definition) is 2. The summed E-state index contributed by atoms with van der Waals surface area (Å²) in [6, 6.07) is 7.49. The minimum Gasteiger partial charge on any atom is -0.369 e. The van der Waals surface area contributed by atoms with Gasteiger partial charge in [-0.15, -0.1) is 0 Å². The predicted octanol–water partition coefficient (Wildman–Crippen LogP) is 1.97. The van der Waals surface area contributed by atoms with Crippen molar-refractivity contribution in [3.05, 3.63) is 40.4 Å². The van der Waals surface area contributed by atoms with Crippen LogP contribution in [0.15, 0.2) is 50.4 Å². The van der Waals surface area contributed by atoms with Gasteiger partial charge in [-0.3, -0.25) is 0 Å².